The first-order chi connectivity index (χ1) is 9.20. The van der Waals surface area contributed by atoms with Gasteiger partial charge in [0.1, 0.15) is 0 Å². The molecule has 125 valence electrons. The van der Waals surface area contributed by atoms with Crippen molar-refractivity contribution in [1.82, 2.24) is 9.80 Å². The second-order valence-electron chi connectivity index (χ2n) is 3.91. The van der Waals surface area contributed by atoms with Crippen molar-refractivity contribution in [3.05, 3.63) is 0 Å². The number of aliphatic carboxylic acids is 4. The van der Waals surface area contributed by atoms with Gasteiger partial charge in [-0.1, -0.05) is 0 Å². The van der Waals surface area contributed by atoms with Crippen LogP contribution in [0.2, 0.25) is 0 Å². The summed E-state index contributed by atoms with van der Waals surface area (Å²) in [6.07, 6.45) is 0. The molecule has 0 N–H and O–H groups in total. The van der Waals surface area contributed by atoms with E-state index in [2.05, 4.69) is 0 Å². The van der Waals surface area contributed by atoms with Crippen LogP contribution in [0.3, 0.4) is 0 Å². The molecular weight excluding hydrogens is 449 g/mol. The second-order valence-corrected chi connectivity index (χ2v) is 3.91. The molecule has 0 aromatic rings. The van der Waals surface area contributed by atoms with Crippen LogP contribution in [0.5, 0.6) is 0 Å². The maximum absolute atomic E-state index is 10.4. The Morgan fingerprint density at radius 2 is 0.762 bits per heavy atom. The summed E-state index contributed by atoms with van der Waals surface area (Å²) >= 11 is 0. The molecule has 0 amide bonds. The molecule has 0 atom stereocenters. The number of nitrogens with zero attached hydrogens (tertiary/aromatic N) is 2. The van der Waals surface area contributed by atoms with Crippen LogP contribution in [0.4, 0.5) is 0 Å². The average molecular weight is 461 g/mol. The molecule has 0 rings (SSSR count). The van der Waals surface area contributed by atoms with Crippen molar-refractivity contribution in [2.75, 3.05) is 39.3 Å². The summed E-state index contributed by atoms with van der Waals surface area (Å²) in [5.74, 6) is -6.12. The molecule has 0 spiro atoms. The maximum atomic E-state index is 10.4. The number of carboxylic acid groups (broad SMARTS) is 4. The van der Waals surface area contributed by atoms with E-state index in [0.29, 0.717) is 0 Å². The zero-order chi connectivity index (χ0) is 15.7. The summed E-state index contributed by atoms with van der Waals surface area (Å²) in [5.41, 5.74) is 0. The number of carbonyl (C=O) groups excluding carboxylic acids is 4. The first-order valence-electron chi connectivity index (χ1n) is 5.44. The van der Waals surface area contributed by atoms with E-state index >= 15 is 0 Å². The van der Waals surface area contributed by atoms with Gasteiger partial charge in [-0.15, -0.1) is 0 Å². The van der Waals surface area contributed by atoms with Crippen molar-refractivity contribution in [1.29, 1.82) is 0 Å². The van der Waals surface area contributed by atoms with Gasteiger partial charge >= 0.3 is 46.9 Å². The molecule has 0 saturated carbocycles. The van der Waals surface area contributed by atoms with Gasteiger partial charge < -0.3 is 39.6 Å². The van der Waals surface area contributed by atoms with Gasteiger partial charge in [-0.25, -0.2) is 0 Å². The SMILES string of the molecule is O=C([O-])CN(CCN(CC(=O)[O-])CC(=O)[O-])CC(=O)[O-].[Yb+3]. The minimum absolute atomic E-state index is 0. The van der Waals surface area contributed by atoms with Crippen molar-refractivity contribution in [2.24, 2.45) is 0 Å². The summed E-state index contributed by atoms with van der Waals surface area (Å²) < 4.78 is 0. The molecule has 0 aliphatic carbocycles. The van der Waals surface area contributed by atoms with Crippen molar-refractivity contribution in [2.45, 2.75) is 0 Å². The zero-order valence-electron chi connectivity index (χ0n) is 10.7. The molecule has 0 heterocycles. The fourth-order valence-electron chi connectivity index (χ4n) is 1.44. The molecule has 11 heteroatoms. The molecule has 0 aromatic heterocycles. The van der Waals surface area contributed by atoms with E-state index in [1.807, 2.05) is 0 Å². The van der Waals surface area contributed by atoms with Gasteiger partial charge in [0, 0.05) is 39.3 Å². The van der Waals surface area contributed by atoms with E-state index in [9.17, 15) is 39.6 Å². The third-order valence-electron chi connectivity index (χ3n) is 2.14. The van der Waals surface area contributed by atoms with E-state index in [1.165, 1.54) is 0 Å². The Morgan fingerprint density at radius 1 is 0.571 bits per heavy atom. The largest absolute Gasteiger partial charge is 3.00 e. The van der Waals surface area contributed by atoms with Crippen LogP contribution in [0.15, 0.2) is 0 Å². The third-order valence-corrected chi connectivity index (χ3v) is 2.14. The fraction of sp³-hybridized carbons (Fsp3) is 0.600. The fourth-order valence-corrected chi connectivity index (χ4v) is 1.44. The van der Waals surface area contributed by atoms with Gasteiger partial charge in [-0.3, -0.25) is 9.80 Å². The standard InChI is InChI=1S/C10H16N2O8.Yb/c13-7(14)3-11(4-8(15)16)1-2-12(5-9(17)18)6-10(19)20;/h1-6H2,(H,13,14)(H,15,16)(H,17,18)(H,19,20);/q;+3/p-4. The molecule has 0 fully saturated rings. The van der Waals surface area contributed by atoms with Crippen molar-refractivity contribution >= 4 is 23.9 Å². The van der Waals surface area contributed by atoms with Gasteiger partial charge in [-0.05, 0) is 0 Å². The van der Waals surface area contributed by atoms with E-state index < -0.39 is 50.1 Å². The molecule has 21 heavy (non-hydrogen) atoms. The van der Waals surface area contributed by atoms with Gasteiger partial charge in [0.05, 0.1) is 23.9 Å². The van der Waals surface area contributed by atoms with E-state index in [0.717, 1.165) is 9.80 Å². The molecule has 0 saturated heterocycles. The normalized spacial score (nSPS) is 10.2. The molecular formula is C10H12N2O8Yb-. The number of carbonyl (C=O) groups is 4. The van der Waals surface area contributed by atoms with Crippen molar-refractivity contribution in [3.63, 3.8) is 0 Å². The molecule has 10 nitrogen and oxygen atoms in total. The Labute approximate surface area is 158 Å². The molecule has 1 radical (unpaired) electrons. The van der Waals surface area contributed by atoms with E-state index in [4.69, 9.17) is 0 Å². The van der Waals surface area contributed by atoms with Crippen molar-refractivity contribution in [3.8, 4) is 0 Å². The van der Waals surface area contributed by atoms with Crippen LogP contribution in [-0.2, 0) is 19.2 Å². The predicted molar refractivity (Wildman–Crippen MR) is 52.9 cm³/mol. The first kappa shape index (κ1) is 22.6. The number of hydrogen-bond acceptors (Lipinski definition) is 10. The Hall–Kier alpha value is -0.681. The van der Waals surface area contributed by atoms with Crippen LogP contribution >= 0.6 is 0 Å². The van der Waals surface area contributed by atoms with Gasteiger partial charge in [0.15, 0.2) is 0 Å². The predicted octanol–water partition coefficient (Wildman–Crippen LogP) is -7.41. The number of rotatable bonds is 11. The molecule has 0 aromatic carbocycles. The molecule has 0 unspecified atom stereocenters. The van der Waals surface area contributed by atoms with Crippen LogP contribution in [0.1, 0.15) is 0 Å². The zero-order valence-corrected chi connectivity index (χ0v) is 12.4. The minimum atomic E-state index is -1.53. The monoisotopic (exact) mass is 462 g/mol. The summed E-state index contributed by atoms with van der Waals surface area (Å²) in [6, 6.07) is 0. The van der Waals surface area contributed by atoms with E-state index in [-0.39, 0.29) is 60.0 Å². The maximum Gasteiger partial charge on any atom is 3.00 e. The van der Waals surface area contributed by atoms with Crippen LogP contribution in [0.25, 0.3) is 0 Å². The Kier molecular flexibility index (Phi) is 12.8. The summed E-state index contributed by atoms with van der Waals surface area (Å²) in [5, 5.41) is 41.6. The molecule has 0 aliphatic heterocycles. The van der Waals surface area contributed by atoms with Crippen LogP contribution in [0, 0.1) is 46.9 Å². The summed E-state index contributed by atoms with van der Waals surface area (Å²) in [6.45, 7) is -3.25. The Balaban J connectivity index is 0. The Morgan fingerprint density at radius 3 is 0.905 bits per heavy atom. The Bertz CT molecular complexity index is 321. The van der Waals surface area contributed by atoms with E-state index in [1.54, 1.807) is 0 Å². The van der Waals surface area contributed by atoms with Crippen LogP contribution in [-0.4, -0.2) is 72.9 Å². The number of carboxylic acids is 4. The molecule has 0 aliphatic rings. The summed E-state index contributed by atoms with van der Waals surface area (Å²) in [4.78, 5) is 43.4. The van der Waals surface area contributed by atoms with Gasteiger partial charge in [0.25, 0.3) is 0 Å². The van der Waals surface area contributed by atoms with Gasteiger partial charge in [-0.2, -0.15) is 0 Å². The quantitative estimate of drug-likeness (QED) is 0.288. The van der Waals surface area contributed by atoms with Gasteiger partial charge in [0.2, 0.25) is 0 Å². The van der Waals surface area contributed by atoms with Crippen LogP contribution < -0.4 is 20.4 Å². The smallest absolute Gasteiger partial charge is 0.549 e. The topological polar surface area (TPSA) is 167 Å². The molecule has 0 bridgehead atoms. The third kappa shape index (κ3) is 14.0. The minimum Gasteiger partial charge on any atom is -0.549 e. The second kappa shape index (κ2) is 11.9. The first-order valence-corrected chi connectivity index (χ1v) is 5.44. The summed E-state index contributed by atoms with van der Waals surface area (Å²) in [7, 11) is 0. The average Bonchev–Trinajstić information content (AvgIpc) is 2.22. The number of hydrogen-bond donors (Lipinski definition) is 0. The van der Waals surface area contributed by atoms with Crippen molar-refractivity contribution < 1.29 is 86.5 Å².